The molecule has 1 heterocycles. The highest BCUT2D eigenvalue weighted by Crippen LogP contribution is 2.38. The number of rotatable bonds is 5. The van der Waals surface area contributed by atoms with Crippen molar-refractivity contribution in [2.45, 2.75) is 63.8 Å². The lowest BCUT2D eigenvalue weighted by Gasteiger charge is -2.32. The zero-order chi connectivity index (χ0) is 20.8. The normalized spacial score (nSPS) is 19.7. The molecule has 0 aliphatic carbocycles. The fourth-order valence-corrected chi connectivity index (χ4v) is 3.90. The zero-order valence-electron chi connectivity index (χ0n) is 16.3. The van der Waals surface area contributed by atoms with Crippen molar-refractivity contribution in [1.82, 2.24) is 4.72 Å². The fourth-order valence-electron chi connectivity index (χ4n) is 2.48. The minimum absolute atomic E-state index is 0.0403. The third-order valence-electron chi connectivity index (χ3n) is 4.81. The maximum Gasteiger partial charge on any atom is 0.494 e. The van der Waals surface area contributed by atoms with Crippen LogP contribution in [0.4, 0.5) is 13.2 Å². The molecule has 10 heteroatoms. The van der Waals surface area contributed by atoms with E-state index in [1.54, 1.807) is 41.5 Å². The first-order valence-corrected chi connectivity index (χ1v) is 10.1. The summed E-state index contributed by atoms with van der Waals surface area (Å²) in [6.07, 6.45) is -4.85. The van der Waals surface area contributed by atoms with Gasteiger partial charge in [0, 0.05) is 6.54 Å². The second-order valence-corrected chi connectivity index (χ2v) is 9.82. The second-order valence-electron chi connectivity index (χ2n) is 8.09. The molecule has 1 aromatic carbocycles. The zero-order valence-corrected chi connectivity index (χ0v) is 17.1. The molecule has 1 N–H and O–H groups in total. The first kappa shape index (κ1) is 22.2. The molecule has 2 rings (SSSR count). The van der Waals surface area contributed by atoms with Crippen LogP contribution >= 0.6 is 0 Å². The fraction of sp³-hybridized carbons (Fsp3) is 0.647. The van der Waals surface area contributed by atoms with Crippen molar-refractivity contribution in [2.75, 3.05) is 6.54 Å². The Morgan fingerprint density at radius 3 is 2.07 bits per heavy atom. The van der Waals surface area contributed by atoms with Crippen LogP contribution in [-0.2, 0) is 25.5 Å². The number of sulfonamides is 1. The van der Waals surface area contributed by atoms with Gasteiger partial charge in [0.1, 0.15) is 0 Å². The highest BCUT2D eigenvalue weighted by atomic mass is 32.2. The van der Waals surface area contributed by atoms with Crippen molar-refractivity contribution >= 4 is 22.6 Å². The summed E-state index contributed by atoms with van der Waals surface area (Å²) < 4.78 is 79.2. The van der Waals surface area contributed by atoms with Crippen LogP contribution in [-0.4, -0.2) is 33.3 Å². The third-order valence-corrected chi connectivity index (χ3v) is 6.29. The maximum atomic E-state index is 13.6. The molecule has 5 nitrogen and oxygen atoms in total. The van der Waals surface area contributed by atoms with E-state index in [1.165, 1.54) is 6.07 Å². The highest BCUT2D eigenvalue weighted by Gasteiger charge is 2.52. The molecule has 0 radical (unpaired) electrons. The molecule has 0 saturated carbocycles. The molecule has 1 saturated heterocycles. The number of halogens is 3. The number of hydrogen-bond donors (Lipinski definition) is 1. The molecule has 0 aromatic heterocycles. The predicted octanol–water partition coefficient (Wildman–Crippen LogP) is 2.94. The summed E-state index contributed by atoms with van der Waals surface area (Å²) >= 11 is 0. The minimum atomic E-state index is -4.85. The topological polar surface area (TPSA) is 64.6 Å². The molecule has 1 aliphatic rings. The Bertz CT molecular complexity index is 791. The van der Waals surface area contributed by atoms with Crippen LogP contribution in [0.3, 0.4) is 0 Å². The second kappa shape index (κ2) is 7.06. The summed E-state index contributed by atoms with van der Waals surface area (Å²) in [5, 5.41) is 0. The Kier molecular flexibility index (Phi) is 5.80. The van der Waals surface area contributed by atoms with Crippen LogP contribution in [0.15, 0.2) is 23.1 Å². The van der Waals surface area contributed by atoms with E-state index in [4.69, 9.17) is 9.31 Å². The standard InChI is InChI=1S/C17H25BF3NO4S/c1-11(2)10-22-27(23,24)14-8-7-12(9-13(14)17(19,20)21)18-25-15(3,4)16(5,6)26-18/h7-9,11,22H,10H2,1-6H3. The van der Waals surface area contributed by atoms with Crippen molar-refractivity contribution in [2.24, 2.45) is 5.92 Å². The van der Waals surface area contributed by atoms with Crippen LogP contribution in [0.2, 0.25) is 0 Å². The summed E-state index contributed by atoms with van der Waals surface area (Å²) in [6, 6.07) is 3.03. The molecule has 27 heavy (non-hydrogen) atoms. The van der Waals surface area contributed by atoms with Gasteiger partial charge >= 0.3 is 13.3 Å². The average molecular weight is 407 g/mol. The minimum Gasteiger partial charge on any atom is -0.399 e. The van der Waals surface area contributed by atoms with E-state index in [-0.39, 0.29) is 17.9 Å². The van der Waals surface area contributed by atoms with Gasteiger partial charge < -0.3 is 9.31 Å². The van der Waals surface area contributed by atoms with E-state index in [2.05, 4.69) is 4.72 Å². The van der Waals surface area contributed by atoms with Gasteiger partial charge in [0.2, 0.25) is 10.0 Å². The Morgan fingerprint density at radius 1 is 1.11 bits per heavy atom. The van der Waals surface area contributed by atoms with Crippen molar-refractivity contribution in [1.29, 1.82) is 0 Å². The first-order chi connectivity index (χ1) is 12.1. The van der Waals surface area contributed by atoms with E-state index >= 15 is 0 Å². The summed E-state index contributed by atoms with van der Waals surface area (Å²) in [5.74, 6) is -0.0434. The first-order valence-electron chi connectivity index (χ1n) is 8.63. The van der Waals surface area contributed by atoms with Gasteiger partial charge in [-0.2, -0.15) is 13.2 Å². The van der Waals surface area contributed by atoms with Gasteiger partial charge in [-0.3, -0.25) is 0 Å². The lowest BCUT2D eigenvalue weighted by molar-refractivity contribution is -0.139. The number of nitrogens with one attached hydrogen (secondary N) is 1. The number of hydrogen-bond acceptors (Lipinski definition) is 4. The summed E-state index contributed by atoms with van der Waals surface area (Å²) in [4.78, 5) is -0.809. The van der Waals surface area contributed by atoms with Crippen LogP contribution < -0.4 is 10.2 Å². The molecule has 1 aliphatic heterocycles. The van der Waals surface area contributed by atoms with Crippen LogP contribution in [0.1, 0.15) is 47.1 Å². The van der Waals surface area contributed by atoms with Crippen LogP contribution in [0.5, 0.6) is 0 Å². The predicted molar refractivity (Wildman–Crippen MR) is 97.2 cm³/mol. The van der Waals surface area contributed by atoms with Crippen molar-refractivity contribution < 1.29 is 30.9 Å². The van der Waals surface area contributed by atoms with Gasteiger partial charge in [0.05, 0.1) is 21.7 Å². The van der Waals surface area contributed by atoms with Gasteiger partial charge in [0.15, 0.2) is 0 Å². The van der Waals surface area contributed by atoms with Crippen molar-refractivity contribution in [3.63, 3.8) is 0 Å². The molecule has 0 bridgehead atoms. The lowest BCUT2D eigenvalue weighted by atomic mass is 9.78. The van der Waals surface area contributed by atoms with E-state index < -0.39 is 45.0 Å². The van der Waals surface area contributed by atoms with Gasteiger partial charge in [-0.25, -0.2) is 13.1 Å². The molecule has 0 spiro atoms. The largest absolute Gasteiger partial charge is 0.494 e. The molecular formula is C17H25BF3NO4S. The van der Waals surface area contributed by atoms with Gasteiger partial charge in [-0.1, -0.05) is 19.9 Å². The molecule has 0 atom stereocenters. The molecule has 0 amide bonds. The van der Waals surface area contributed by atoms with E-state index in [0.717, 1.165) is 12.1 Å². The SMILES string of the molecule is CC(C)CNS(=O)(=O)c1ccc(B2OC(C)(C)C(C)(C)O2)cc1C(F)(F)F. The van der Waals surface area contributed by atoms with Crippen molar-refractivity contribution in [3.05, 3.63) is 23.8 Å². The van der Waals surface area contributed by atoms with Gasteiger partial charge in [0.25, 0.3) is 0 Å². The van der Waals surface area contributed by atoms with E-state index in [0.29, 0.717) is 0 Å². The Labute approximate surface area is 158 Å². The highest BCUT2D eigenvalue weighted by molar-refractivity contribution is 7.89. The number of benzene rings is 1. The molecule has 152 valence electrons. The number of alkyl halides is 3. The summed E-state index contributed by atoms with van der Waals surface area (Å²) in [7, 11) is -5.32. The summed E-state index contributed by atoms with van der Waals surface area (Å²) in [6.45, 7) is 10.7. The summed E-state index contributed by atoms with van der Waals surface area (Å²) in [5.41, 5.74) is -2.58. The van der Waals surface area contributed by atoms with E-state index in [1.807, 2.05) is 0 Å². The molecular weight excluding hydrogens is 382 g/mol. The quantitative estimate of drug-likeness (QED) is 0.763. The monoisotopic (exact) mass is 407 g/mol. The van der Waals surface area contributed by atoms with Crippen LogP contribution in [0.25, 0.3) is 0 Å². The third kappa shape index (κ3) is 4.67. The Balaban J connectivity index is 2.46. The van der Waals surface area contributed by atoms with Crippen LogP contribution in [0, 0.1) is 5.92 Å². The van der Waals surface area contributed by atoms with Crippen molar-refractivity contribution in [3.8, 4) is 0 Å². The maximum absolute atomic E-state index is 13.6. The lowest BCUT2D eigenvalue weighted by Crippen LogP contribution is -2.41. The Morgan fingerprint density at radius 2 is 1.63 bits per heavy atom. The van der Waals surface area contributed by atoms with E-state index in [9.17, 15) is 21.6 Å². The smallest absolute Gasteiger partial charge is 0.399 e. The molecule has 1 aromatic rings. The molecule has 1 fully saturated rings. The van der Waals surface area contributed by atoms with Gasteiger partial charge in [-0.15, -0.1) is 0 Å². The average Bonchev–Trinajstić information content (AvgIpc) is 2.72. The Hall–Kier alpha value is -1.10. The molecule has 0 unspecified atom stereocenters. The van der Waals surface area contributed by atoms with Gasteiger partial charge in [-0.05, 0) is 51.2 Å².